The van der Waals surface area contributed by atoms with E-state index in [2.05, 4.69) is 0 Å². The maximum absolute atomic E-state index is 10.3. The lowest BCUT2D eigenvalue weighted by molar-refractivity contribution is -0.622. The zero-order valence-electron chi connectivity index (χ0n) is 6.20. The predicted molar refractivity (Wildman–Crippen MR) is 36.2 cm³/mol. The molecule has 0 aromatic carbocycles. The van der Waals surface area contributed by atoms with Crippen LogP contribution in [0.3, 0.4) is 0 Å². The molecule has 0 heterocycles. The zero-order valence-corrected chi connectivity index (χ0v) is 6.20. The zero-order chi connectivity index (χ0) is 8.15. The van der Waals surface area contributed by atoms with Crippen LogP contribution in [-0.2, 0) is 4.79 Å². The molecule has 0 aliphatic heterocycles. The van der Waals surface area contributed by atoms with Gasteiger partial charge in [-0.3, -0.25) is 0 Å². The lowest BCUT2D eigenvalue weighted by Crippen LogP contribution is -2.88. The molecule has 60 valence electrons. The molecule has 0 saturated heterocycles. The molecule has 10 heavy (non-hydrogen) atoms. The van der Waals surface area contributed by atoms with E-state index in [1.807, 2.05) is 6.92 Å². The van der Waals surface area contributed by atoms with Crippen molar-refractivity contribution in [3.8, 4) is 0 Å². The molecule has 0 radical (unpaired) electrons. The summed E-state index contributed by atoms with van der Waals surface area (Å²) in [5.41, 5.74) is 0.497. The molecule has 4 nitrogen and oxygen atoms in total. The largest absolute Gasteiger partial charge is 0.635 e. The van der Waals surface area contributed by atoms with Crippen molar-refractivity contribution in [2.24, 2.45) is 5.92 Å². The highest BCUT2D eigenvalue weighted by Gasteiger charge is 2.23. The molecule has 0 rings (SSSR count). The summed E-state index contributed by atoms with van der Waals surface area (Å²) in [5.74, 6) is -1.08. The predicted octanol–water partition coefficient (Wildman–Crippen LogP) is -0.453. The van der Waals surface area contributed by atoms with E-state index >= 15 is 0 Å². The van der Waals surface area contributed by atoms with Crippen molar-refractivity contribution in [2.45, 2.75) is 26.3 Å². The van der Waals surface area contributed by atoms with Crippen molar-refractivity contribution in [2.75, 3.05) is 0 Å². The summed E-state index contributed by atoms with van der Waals surface area (Å²) < 4.78 is 0. The third-order valence-electron chi connectivity index (χ3n) is 1.69. The first-order valence-electron chi connectivity index (χ1n) is 3.31. The molecular weight excluding hydrogens is 134 g/mol. The number of rotatable bonds is 4. The Labute approximate surface area is 59.8 Å². The van der Waals surface area contributed by atoms with E-state index in [0.717, 1.165) is 6.42 Å². The van der Waals surface area contributed by atoms with E-state index in [9.17, 15) is 10.0 Å². The minimum atomic E-state index is -1.02. The minimum Gasteiger partial charge on any atom is -0.635 e. The maximum Gasteiger partial charge on any atom is 0.362 e. The van der Waals surface area contributed by atoms with Gasteiger partial charge in [0, 0.05) is 5.92 Å². The number of hydrogen-bond acceptors (Lipinski definition) is 2. The van der Waals surface area contributed by atoms with Gasteiger partial charge in [-0.15, -0.1) is 0 Å². The Hall–Kier alpha value is -0.610. The lowest BCUT2D eigenvalue weighted by atomic mass is 10.0. The number of hydrogen-bond donors (Lipinski definition) is 2. The minimum absolute atomic E-state index is 0.0602. The maximum atomic E-state index is 10.3. The SMILES string of the molecule is CC[C@H](C)[C@H]([NH2+][O-])C(=O)O. The van der Waals surface area contributed by atoms with Gasteiger partial charge in [-0.1, -0.05) is 13.8 Å². The Morgan fingerprint density at radius 1 is 1.80 bits per heavy atom. The van der Waals surface area contributed by atoms with Gasteiger partial charge in [0.25, 0.3) is 0 Å². The standard InChI is InChI=1S/C6H13NO3/c1-3-4(2)5(7-10)6(8)9/h4-5H,3,7H2,1-2H3,(H,8,9)/t4-,5-/m0/s1. The van der Waals surface area contributed by atoms with Crippen LogP contribution in [0.1, 0.15) is 20.3 Å². The highest BCUT2D eigenvalue weighted by Crippen LogP contribution is 2.03. The summed E-state index contributed by atoms with van der Waals surface area (Å²) in [6.45, 7) is 3.62. The molecular formula is C6H13NO3. The number of hydroxylamine groups is 1. The van der Waals surface area contributed by atoms with Crippen molar-refractivity contribution >= 4 is 5.97 Å². The highest BCUT2D eigenvalue weighted by molar-refractivity contribution is 5.71. The smallest absolute Gasteiger partial charge is 0.362 e. The Morgan fingerprint density at radius 2 is 2.30 bits per heavy atom. The van der Waals surface area contributed by atoms with Crippen LogP contribution in [0.2, 0.25) is 0 Å². The number of quaternary nitrogens is 1. The summed E-state index contributed by atoms with van der Waals surface area (Å²) >= 11 is 0. The van der Waals surface area contributed by atoms with Crippen LogP contribution in [0, 0.1) is 11.1 Å². The van der Waals surface area contributed by atoms with E-state index < -0.39 is 12.0 Å². The normalized spacial score (nSPS) is 16.3. The Kier molecular flexibility index (Phi) is 3.99. The van der Waals surface area contributed by atoms with E-state index in [1.165, 1.54) is 0 Å². The summed E-state index contributed by atoms with van der Waals surface area (Å²) in [7, 11) is 0. The Morgan fingerprint density at radius 3 is 2.40 bits per heavy atom. The molecule has 0 fully saturated rings. The topological polar surface area (TPSA) is 77.0 Å². The fourth-order valence-corrected chi connectivity index (χ4v) is 0.690. The van der Waals surface area contributed by atoms with Gasteiger partial charge >= 0.3 is 5.97 Å². The molecule has 0 saturated carbocycles. The molecule has 2 atom stereocenters. The average molecular weight is 147 g/mol. The van der Waals surface area contributed by atoms with Crippen LogP contribution >= 0.6 is 0 Å². The highest BCUT2D eigenvalue weighted by atomic mass is 16.5. The fraction of sp³-hybridized carbons (Fsp3) is 0.833. The van der Waals surface area contributed by atoms with Crippen molar-refractivity contribution in [3.05, 3.63) is 5.21 Å². The van der Waals surface area contributed by atoms with Crippen LogP contribution < -0.4 is 5.48 Å². The van der Waals surface area contributed by atoms with Crippen molar-refractivity contribution in [1.29, 1.82) is 0 Å². The second kappa shape index (κ2) is 4.24. The molecule has 0 aliphatic rings. The first-order valence-corrected chi connectivity index (χ1v) is 3.31. The van der Waals surface area contributed by atoms with Gasteiger partial charge in [-0.05, 0) is 6.42 Å². The third kappa shape index (κ3) is 2.33. The van der Waals surface area contributed by atoms with Gasteiger partial charge in [-0.2, -0.15) is 0 Å². The number of carbonyl (C=O) groups is 1. The van der Waals surface area contributed by atoms with Crippen LogP contribution in [0.4, 0.5) is 0 Å². The number of carboxylic acid groups (broad SMARTS) is 1. The monoisotopic (exact) mass is 147 g/mol. The van der Waals surface area contributed by atoms with Crippen molar-refractivity contribution in [1.82, 2.24) is 0 Å². The first-order chi connectivity index (χ1) is 4.63. The van der Waals surface area contributed by atoms with Crippen LogP contribution in [-0.4, -0.2) is 17.1 Å². The molecule has 0 amide bonds. The van der Waals surface area contributed by atoms with Gasteiger partial charge < -0.3 is 15.8 Å². The van der Waals surface area contributed by atoms with Crippen molar-refractivity contribution < 1.29 is 15.4 Å². The number of nitrogens with two attached hydrogens (primary N) is 1. The molecule has 0 unspecified atom stereocenters. The van der Waals surface area contributed by atoms with Gasteiger partial charge in [0.1, 0.15) is 0 Å². The van der Waals surface area contributed by atoms with Crippen LogP contribution in [0.5, 0.6) is 0 Å². The summed E-state index contributed by atoms with van der Waals surface area (Å²) in [4.78, 5) is 10.3. The number of carboxylic acids is 1. The number of aliphatic carboxylic acids is 1. The Balaban J connectivity index is 3.92. The third-order valence-corrected chi connectivity index (χ3v) is 1.69. The average Bonchev–Trinajstić information content (AvgIpc) is 1.88. The second-order valence-corrected chi connectivity index (χ2v) is 2.39. The Bertz CT molecular complexity index is 116. The molecule has 3 N–H and O–H groups in total. The van der Waals surface area contributed by atoms with Crippen LogP contribution in [0.15, 0.2) is 0 Å². The van der Waals surface area contributed by atoms with Crippen LogP contribution in [0.25, 0.3) is 0 Å². The quantitative estimate of drug-likeness (QED) is 0.528. The van der Waals surface area contributed by atoms with E-state index in [1.54, 1.807) is 6.92 Å². The van der Waals surface area contributed by atoms with Gasteiger partial charge in [0.15, 0.2) is 6.04 Å². The van der Waals surface area contributed by atoms with Crippen molar-refractivity contribution in [3.63, 3.8) is 0 Å². The lowest BCUT2D eigenvalue weighted by Gasteiger charge is -2.17. The van der Waals surface area contributed by atoms with E-state index in [0.29, 0.717) is 5.48 Å². The summed E-state index contributed by atoms with van der Waals surface area (Å²) in [6, 6.07) is -0.829. The van der Waals surface area contributed by atoms with E-state index in [4.69, 9.17) is 5.11 Å². The molecule has 0 spiro atoms. The fourth-order valence-electron chi connectivity index (χ4n) is 0.690. The molecule has 0 aromatic rings. The van der Waals surface area contributed by atoms with Gasteiger partial charge in [0.2, 0.25) is 0 Å². The van der Waals surface area contributed by atoms with Gasteiger partial charge in [0.05, 0.1) is 0 Å². The first kappa shape index (κ1) is 9.39. The molecule has 0 bridgehead atoms. The van der Waals surface area contributed by atoms with Gasteiger partial charge in [-0.25, -0.2) is 4.79 Å². The molecule has 4 heteroatoms. The molecule has 0 aliphatic carbocycles. The molecule has 0 aromatic heterocycles. The summed E-state index contributed by atoms with van der Waals surface area (Å²) in [6.07, 6.45) is 0.718. The second-order valence-electron chi connectivity index (χ2n) is 2.39. The van der Waals surface area contributed by atoms with E-state index in [-0.39, 0.29) is 5.92 Å². The summed E-state index contributed by atoms with van der Waals surface area (Å²) in [5, 5.41) is 18.6.